The summed E-state index contributed by atoms with van der Waals surface area (Å²) >= 11 is 0. The highest BCUT2D eigenvalue weighted by atomic mass is 16.2. The lowest BCUT2D eigenvalue weighted by Gasteiger charge is -2.23. The third-order valence-electron chi connectivity index (χ3n) is 4.38. The lowest BCUT2D eigenvalue weighted by molar-refractivity contribution is -0.127. The second kappa shape index (κ2) is 6.00. The average Bonchev–Trinajstić information content (AvgIpc) is 2.99. The molecular formula is C16H24N4O. The van der Waals surface area contributed by atoms with Gasteiger partial charge in [0.2, 0.25) is 5.91 Å². The summed E-state index contributed by atoms with van der Waals surface area (Å²) in [6, 6.07) is 0.104. The zero-order chi connectivity index (χ0) is 14.8. The van der Waals surface area contributed by atoms with Crippen LogP contribution in [0.5, 0.6) is 0 Å². The molecule has 1 atom stereocenters. The molecule has 1 unspecified atom stereocenters. The highest BCUT2D eigenvalue weighted by molar-refractivity contribution is 5.88. The fourth-order valence-corrected chi connectivity index (χ4v) is 3.38. The second-order valence-corrected chi connectivity index (χ2v) is 6.35. The van der Waals surface area contributed by atoms with E-state index in [0.717, 1.165) is 49.6 Å². The Morgan fingerprint density at radius 2 is 2.00 bits per heavy atom. The van der Waals surface area contributed by atoms with Crippen LogP contribution in [0, 0.1) is 0 Å². The molecule has 114 valence electrons. The van der Waals surface area contributed by atoms with Gasteiger partial charge in [0.15, 0.2) is 5.82 Å². The van der Waals surface area contributed by atoms with Crippen molar-refractivity contribution in [1.82, 2.24) is 19.7 Å². The van der Waals surface area contributed by atoms with E-state index in [1.165, 1.54) is 19.3 Å². The van der Waals surface area contributed by atoms with Gasteiger partial charge in [0, 0.05) is 25.6 Å². The van der Waals surface area contributed by atoms with E-state index in [9.17, 15) is 4.79 Å². The summed E-state index contributed by atoms with van der Waals surface area (Å²) in [6.45, 7) is 5.76. The SMILES string of the molecule is CC(C)=CC(=O)N1CCCC1c1nnc2n1CCCCC2. The molecule has 21 heavy (non-hydrogen) atoms. The van der Waals surface area contributed by atoms with Crippen LogP contribution >= 0.6 is 0 Å². The Labute approximate surface area is 126 Å². The Balaban J connectivity index is 1.87. The van der Waals surface area contributed by atoms with Gasteiger partial charge >= 0.3 is 0 Å². The van der Waals surface area contributed by atoms with Crippen molar-refractivity contribution >= 4 is 5.91 Å². The van der Waals surface area contributed by atoms with Crippen LogP contribution in [0.3, 0.4) is 0 Å². The number of hydrogen-bond acceptors (Lipinski definition) is 3. The van der Waals surface area contributed by atoms with Crippen LogP contribution < -0.4 is 0 Å². The molecule has 2 aliphatic heterocycles. The largest absolute Gasteiger partial charge is 0.329 e. The van der Waals surface area contributed by atoms with E-state index in [1.54, 1.807) is 6.08 Å². The molecule has 0 saturated carbocycles. The summed E-state index contributed by atoms with van der Waals surface area (Å²) in [6.07, 6.45) is 8.44. The van der Waals surface area contributed by atoms with E-state index in [0.29, 0.717) is 0 Å². The smallest absolute Gasteiger partial charge is 0.247 e. The molecule has 0 N–H and O–H groups in total. The van der Waals surface area contributed by atoms with Crippen LogP contribution in [-0.4, -0.2) is 32.1 Å². The highest BCUT2D eigenvalue weighted by Gasteiger charge is 2.33. The lowest BCUT2D eigenvalue weighted by Crippen LogP contribution is -2.31. The number of likely N-dealkylation sites (tertiary alicyclic amines) is 1. The number of carbonyl (C=O) groups is 1. The van der Waals surface area contributed by atoms with Gasteiger partial charge < -0.3 is 9.47 Å². The fourth-order valence-electron chi connectivity index (χ4n) is 3.38. The molecule has 2 aliphatic rings. The summed E-state index contributed by atoms with van der Waals surface area (Å²) in [7, 11) is 0. The van der Waals surface area contributed by atoms with Crippen molar-refractivity contribution in [3.63, 3.8) is 0 Å². The predicted octanol–water partition coefficient (Wildman–Crippen LogP) is 2.63. The molecule has 3 heterocycles. The van der Waals surface area contributed by atoms with Crippen molar-refractivity contribution in [2.45, 2.75) is 65.0 Å². The van der Waals surface area contributed by atoms with E-state index in [4.69, 9.17) is 0 Å². The van der Waals surface area contributed by atoms with Gasteiger partial charge in [0.25, 0.3) is 0 Å². The van der Waals surface area contributed by atoms with E-state index in [-0.39, 0.29) is 11.9 Å². The number of fused-ring (bicyclic) bond motifs is 1. The van der Waals surface area contributed by atoms with Crippen molar-refractivity contribution in [2.75, 3.05) is 6.54 Å². The van der Waals surface area contributed by atoms with Gasteiger partial charge in [0.05, 0.1) is 6.04 Å². The van der Waals surface area contributed by atoms with Crippen LogP contribution in [0.1, 0.15) is 63.6 Å². The van der Waals surface area contributed by atoms with Crippen LogP contribution in [0.4, 0.5) is 0 Å². The molecule has 5 nitrogen and oxygen atoms in total. The maximum atomic E-state index is 12.4. The number of rotatable bonds is 2. The quantitative estimate of drug-likeness (QED) is 0.786. The predicted molar refractivity (Wildman–Crippen MR) is 80.7 cm³/mol. The number of amides is 1. The van der Waals surface area contributed by atoms with Crippen molar-refractivity contribution in [3.8, 4) is 0 Å². The second-order valence-electron chi connectivity index (χ2n) is 6.35. The summed E-state index contributed by atoms with van der Waals surface area (Å²) < 4.78 is 2.27. The first-order valence-electron chi connectivity index (χ1n) is 8.04. The van der Waals surface area contributed by atoms with Gasteiger partial charge in [-0.05, 0) is 39.5 Å². The average molecular weight is 288 g/mol. The molecule has 0 spiro atoms. The number of allylic oxidation sites excluding steroid dienone is 1. The monoisotopic (exact) mass is 288 g/mol. The molecule has 0 radical (unpaired) electrons. The highest BCUT2D eigenvalue weighted by Crippen LogP contribution is 2.32. The minimum atomic E-state index is 0.104. The normalized spacial score (nSPS) is 21.8. The number of carbonyl (C=O) groups excluding carboxylic acids is 1. The molecular weight excluding hydrogens is 264 g/mol. The molecule has 1 saturated heterocycles. The van der Waals surface area contributed by atoms with Gasteiger partial charge in [-0.15, -0.1) is 10.2 Å². The number of hydrogen-bond donors (Lipinski definition) is 0. The maximum absolute atomic E-state index is 12.4. The fraction of sp³-hybridized carbons (Fsp3) is 0.688. The molecule has 1 aromatic heterocycles. The molecule has 1 aromatic rings. The zero-order valence-electron chi connectivity index (χ0n) is 13.0. The summed E-state index contributed by atoms with van der Waals surface area (Å²) in [5.41, 5.74) is 1.05. The lowest BCUT2D eigenvalue weighted by atomic mass is 10.2. The summed E-state index contributed by atoms with van der Waals surface area (Å²) in [4.78, 5) is 14.4. The minimum absolute atomic E-state index is 0.104. The Kier molecular flexibility index (Phi) is 4.08. The van der Waals surface area contributed by atoms with Crippen molar-refractivity contribution < 1.29 is 4.79 Å². The molecule has 0 bridgehead atoms. The summed E-state index contributed by atoms with van der Waals surface area (Å²) in [5.74, 6) is 2.22. The molecule has 3 rings (SSSR count). The first-order valence-corrected chi connectivity index (χ1v) is 8.04. The topological polar surface area (TPSA) is 51.0 Å². The van der Waals surface area contributed by atoms with Crippen molar-refractivity contribution in [2.24, 2.45) is 0 Å². The molecule has 0 aromatic carbocycles. The Bertz CT molecular complexity index is 557. The molecule has 1 fully saturated rings. The molecule has 5 heteroatoms. The van der Waals surface area contributed by atoms with E-state index in [1.807, 2.05) is 18.7 Å². The first-order chi connectivity index (χ1) is 10.2. The van der Waals surface area contributed by atoms with Crippen LogP contribution in [-0.2, 0) is 17.8 Å². The van der Waals surface area contributed by atoms with E-state index < -0.39 is 0 Å². The first kappa shape index (κ1) is 14.3. The Morgan fingerprint density at radius 3 is 2.81 bits per heavy atom. The van der Waals surface area contributed by atoms with Gasteiger partial charge in [-0.1, -0.05) is 12.0 Å². The standard InChI is InChI=1S/C16H24N4O/c1-12(2)11-15(21)19-10-6-7-13(19)16-18-17-14-8-4-3-5-9-20(14)16/h11,13H,3-10H2,1-2H3. The van der Waals surface area contributed by atoms with Crippen LogP contribution in [0.15, 0.2) is 11.6 Å². The van der Waals surface area contributed by atoms with Crippen LogP contribution in [0.25, 0.3) is 0 Å². The van der Waals surface area contributed by atoms with Gasteiger partial charge in [-0.25, -0.2) is 0 Å². The zero-order valence-corrected chi connectivity index (χ0v) is 13.0. The number of aryl methyl sites for hydroxylation is 1. The van der Waals surface area contributed by atoms with E-state index in [2.05, 4.69) is 14.8 Å². The summed E-state index contributed by atoms with van der Waals surface area (Å²) in [5, 5.41) is 8.81. The van der Waals surface area contributed by atoms with Gasteiger partial charge in [-0.3, -0.25) is 4.79 Å². The van der Waals surface area contributed by atoms with Gasteiger partial charge in [-0.2, -0.15) is 0 Å². The molecule has 0 aliphatic carbocycles. The van der Waals surface area contributed by atoms with E-state index >= 15 is 0 Å². The van der Waals surface area contributed by atoms with Crippen LogP contribution in [0.2, 0.25) is 0 Å². The third kappa shape index (κ3) is 2.87. The number of aromatic nitrogens is 3. The van der Waals surface area contributed by atoms with Crippen molar-refractivity contribution in [1.29, 1.82) is 0 Å². The Hall–Kier alpha value is -1.65. The minimum Gasteiger partial charge on any atom is -0.329 e. The third-order valence-corrected chi connectivity index (χ3v) is 4.38. The van der Waals surface area contributed by atoms with Crippen molar-refractivity contribution in [3.05, 3.63) is 23.3 Å². The molecule has 1 amide bonds. The Morgan fingerprint density at radius 1 is 1.14 bits per heavy atom. The number of nitrogens with zero attached hydrogens (tertiary/aromatic N) is 4. The maximum Gasteiger partial charge on any atom is 0.247 e. The van der Waals surface area contributed by atoms with Gasteiger partial charge in [0.1, 0.15) is 5.82 Å².